The van der Waals surface area contributed by atoms with Gasteiger partial charge in [-0.1, -0.05) is 25.9 Å². The molecule has 0 bridgehead atoms. The van der Waals surface area contributed by atoms with Crippen LogP contribution in [0.2, 0.25) is 0 Å². The van der Waals surface area contributed by atoms with E-state index in [1.807, 2.05) is 17.6 Å². The zero-order valence-electron chi connectivity index (χ0n) is 13.3. The van der Waals surface area contributed by atoms with Gasteiger partial charge < -0.3 is 9.84 Å². The second-order valence-electron chi connectivity index (χ2n) is 6.30. The van der Waals surface area contributed by atoms with Gasteiger partial charge in [0.15, 0.2) is 11.6 Å². The molecular formula is C15H20N6O. The van der Waals surface area contributed by atoms with Crippen molar-refractivity contribution in [3.8, 4) is 0 Å². The molecule has 0 aliphatic heterocycles. The van der Waals surface area contributed by atoms with E-state index in [2.05, 4.69) is 52.4 Å². The first-order valence-corrected chi connectivity index (χ1v) is 7.31. The Labute approximate surface area is 128 Å². The molecule has 7 nitrogen and oxygen atoms in total. The summed E-state index contributed by atoms with van der Waals surface area (Å²) in [5.41, 5.74) is 2.01. The first-order valence-electron chi connectivity index (χ1n) is 7.31. The van der Waals surface area contributed by atoms with E-state index in [0.717, 1.165) is 17.0 Å². The Bertz CT molecular complexity index is 783. The van der Waals surface area contributed by atoms with Crippen LogP contribution in [0.3, 0.4) is 0 Å². The quantitative estimate of drug-likeness (QED) is 0.796. The van der Waals surface area contributed by atoms with E-state index in [1.54, 1.807) is 6.20 Å². The van der Waals surface area contributed by atoms with Crippen molar-refractivity contribution in [3.05, 3.63) is 35.9 Å². The third-order valence-electron chi connectivity index (χ3n) is 3.36. The largest absolute Gasteiger partial charge is 0.368 e. The van der Waals surface area contributed by atoms with Crippen molar-refractivity contribution in [2.45, 2.75) is 39.5 Å². The number of rotatable bonds is 4. The molecule has 0 radical (unpaired) electrons. The highest BCUT2D eigenvalue weighted by atomic mass is 16.5. The van der Waals surface area contributed by atoms with E-state index in [0.29, 0.717) is 24.7 Å². The topological polar surface area (TPSA) is 81.1 Å². The predicted octanol–water partition coefficient (Wildman–Crippen LogP) is 2.37. The molecule has 0 aliphatic carbocycles. The van der Waals surface area contributed by atoms with Gasteiger partial charge in [-0.05, 0) is 13.0 Å². The second-order valence-corrected chi connectivity index (χ2v) is 6.30. The lowest BCUT2D eigenvalue weighted by Crippen LogP contribution is -2.11. The molecule has 22 heavy (non-hydrogen) atoms. The van der Waals surface area contributed by atoms with E-state index in [-0.39, 0.29) is 5.41 Å². The molecule has 116 valence electrons. The van der Waals surface area contributed by atoms with Gasteiger partial charge in [0.25, 0.3) is 0 Å². The van der Waals surface area contributed by atoms with Crippen molar-refractivity contribution >= 4 is 11.3 Å². The van der Waals surface area contributed by atoms with Crippen molar-refractivity contribution in [2.75, 3.05) is 11.9 Å². The summed E-state index contributed by atoms with van der Waals surface area (Å²) in [6, 6.07) is 2.08. The minimum absolute atomic E-state index is 0.00454. The van der Waals surface area contributed by atoms with Crippen LogP contribution >= 0.6 is 0 Å². The van der Waals surface area contributed by atoms with Crippen molar-refractivity contribution < 1.29 is 4.52 Å². The van der Waals surface area contributed by atoms with E-state index in [1.165, 1.54) is 0 Å². The van der Waals surface area contributed by atoms with Crippen LogP contribution in [0.5, 0.6) is 0 Å². The fourth-order valence-corrected chi connectivity index (χ4v) is 2.15. The first-order chi connectivity index (χ1) is 10.4. The molecule has 0 aromatic carbocycles. The van der Waals surface area contributed by atoms with Crippen molar-refractivity contribution in [3.63, 3.8) is 0 Å². The second kappa shape index (κ2) is 5.40. The number of nitrogens with one attached hydrogen (secondary N) is 1. The fraction of sp³-hybridized carbons (Fsp3) is 0.467. The Morgan fingerprint density at radius 1 is 1.32 bits per heavy atom. The van der Waals surface area contributed by atoms with Crippen LogP contribution < -0.4 is 5.32 Å². The molecule has 0 atom stereocenters. The summed E-state index contributed by atoms with van der Waals surface area (Å²) >= 11 is 0. The number of fused-ring (bicyclic) bond motifs is 1. The summed E-state index contributed by atoms with van der Waals surface area (Å²) in [4.78, 5) is 8.58. The van der Waals surface area contributed by atoms with Crippen molar-refractivity contribution in [1.82, 2.24) is 24.7 Å². The Morgan fingerprint density at radius 2 is 2.14 bits per heavy atom. The standard InChI is InChI=1S/C15H20N6O/c1-10-18-13(22-20-10)5-6-16-14-11-9-12(15(2,3)4)19-21(11)8-7-17-14/h7-9H,5-6H2,1-4H3,(H,16,17). The SMILES string of the molecule is Cc1noc(CCNc2nccn3nc(C(C)(C)C)cc23)n1. The molecule has 0 fully saturated rings. The molecule has 3 aromatic rings. The highest BCUT2D eigenvalue weighted by Gasteiger charge is 2.19. The zero-order valence-corrected chi connectivity index (χ0v) is 13.3. The van der Waals surface area contributed by atoms with E-state index in [9.17, 15) is 0 Å². The van der Waals surface area contributed by atoms with Gasteiger partial charge in [-0.25, -0.2) is 9.50 Å². The smallest absolute Gasteiger partial charge is 0.228 e. The minimum atomic E-state index is 0.00454. The molecular weight excluding hydrogens is 280 g/mol. The lowest BCUT2D eigenvalue weighted by molar-refractivity contribution is 0.377. The summed E-state index contributed by atoms with van der Waals surface area (Å²) in [7, 11) is 0. The predicted molar refractivity (Wildman–Crippen MR) is 82.9 cm³/mol. The molecule has 3 aromatic heterocycles. The van der Waals surface area contributed by atoms with Crippen LogP contribution in [0.4, 0.5) is 5.82 Å². The van der Waals surface area contributed by atoms with Gasteiger partial charge in [-0.3, -0.25) is 0 Å². The summed E-state index contributed by atoms with van der Waals surface area (Å²) in [5, 5.41) is 11.7. The van der Waals surface area contributed by atoms with E-state index >= 15 is 0 Å². The number of anilines is 1. The Kier molecular flexibility index (Phi) is 3.56. The molecule has 0 saturated carbocycles. The molecule has 7 heteroatoms. The third kappa shape index (κ3) is 2.93. The van der Waals surface area contributed by atoms with Gasteiger partial charge in [0.2, 0.25) is 5.89 Å². The van der Waals surface area contributed by atoms with E-state index in [4.69, 9.17) is 4.52 Å². The average Bonchev–Trinajstić information content (AvgIpc) is 3.05. The number of aromatic nitrogens is 5. The Morgan fingerprint density at radius 3 is 2.82 bits per heavy atom. The molecule has 0 unspecified atom stereocenters. The van der Waals surface area contributed by atoms with Crippen LogP contribution in [0.25, 0.3) is 5.52 Å². The summed E-state index contributed by atoms with van der Waals surface area (Å²) in [6.45, 7) is 8.92. The minimum Gasteiger partial charge on any atom is -0.368 e. The maximum Gasteiger partial charge on any atom is 0.228 e. The van der Waals surface area contributed by atoms with E-state index < -0.39 is 0 Å². The zero-order chi connectivity index (χ0) is 15.7. The Hall–Kier alpha value is -2.44. The molecule has 0 amide bonds. The number of aryl methyl sites for hydroxylation is 1. The summed E-state index contributed by atoms with van der Waals surface area (Å²) < 4.78 is 6.95. The fourth-order valence-electron chi connectivity index (χ4n) is 2.15. The van der Waals surface area contributed by atoms with Crippen molar-refractivity contribution in [1.29, 1.82) is 0 Å². The van der Waals surface area contributed by atoms with Gasteiger partial charge in [0.1, 0.15) is 5.52 Å². The third-order valence-corrected chi connectivity index (χ3v) is 3.36. The number of nitrogens with zero attached hydrogens (tertiary/aromatic N) is 5. The Balaban J connectivity index is 1.77. The van der Waals surface area contributed by atoms with Gasteiger partial charge in [-0.2, -0.15) is 10.1 Å². The highest BCUT2D eigenvalue weighted by molar-refractivity contribution is 5.68. The van der Waals surface area contributed by atoms with Gasteiger partial charge in [0.05, 0.1) is 5.69 Å². The van der Waals surface area contributed by atoms with Crippen molar-refractivity contribution in [2.24, 2.45) is 0 Å². The van der Waals surface area contributed by atoms with Crippen LogP contribution in [-0.4, -0.2) is 31.3 Å². The lowest BCUT2D eigenvalue weighted by Gasteiger charge is -2.13. The molecule has 0 spiro atoms. The summed E-state index contributed by atoms with van der Waals surface area (Å²) in [6.07, 6.45) is 4.26. The maximum atomic E-state index is 5.10. The van der Waals surface area contributed by atoms with Crippen LogP contribution in [0.1, 0.15) is 38.2 Å². The summed E-state index contributed by atoms with van der Waals surface area (Å²) in [5.74, 6) is 2.09. The van der Waals surface area contributed by atoms with Gasteiger partial charge in [-0.15, -0.1) is 0 Å². The van der Waals surface area contributed by atoms with Crippen LogP contribution in [-0.2, 0) is 11.8 Å². The molecule has 3 rings (SSSR count). The average molecular weight is 300 g/mol. The maximum absolute atomic E-state index is 5.10. The normalized spacial score (nSPS) is 12.0. The van der Waals surface area contributed by atoms with Crippen LogP contribution in [0.15, 0.2) is 23.0 Å². The first kappa shape index (κ1) is 14.5. The molecule has 3 heterocycles. The molecule has 0 aliphatic rings. The highest BCUT2D eigenvalue weighted by Crippen LogP contribution is 2.24. The molecule has 0 saturated heterocycles. The number of hydrogen-bond acceptors (Lipinski definition) is 6. The lowest BCUT2D eigenvalue weighted by atomic mass is 9.92. The van der Waals surface area contributed by atoms with Crippen LogP contribution in [0, 0.1) is 6.92 Å². The van der Waals surface area contributed by atoms with Gasteiger partial charge >= 0.3 is 0 Å². The monoisotopic (exact) mass is 300 g/mol. The number of hydrogen-bond donors (Lipinski definition) is 1. The molecule has 1 N–H and O–H groups in total. The van der Waals surface area contributed by atoms with Gasteiger partial charge in [0, 0.05) is 30.8 Å².